The van der Waals surface area contributed by atoms with E-state index in [0.29, 0.717) is 12.2 Å². The zero-order valence-corrected chi connectivity index (χ0v) is 9.08. The van der Waals surface area contributed by atoms with Crippen LogP contribution in [0.3, 0.4) is 0 Å². The molecular weight excluding hydrogens is 232 g/mol. The minimum absolute atomic E-state index is 0.520. The van der Waals surface area contributed by atoms with Crippen LogP contribution in [0.15, 0.2) is 22.8 Å². The van der Waals surface area contributed by atoms with E-state index in [1.54, 1.807) is 6.20 Å². The van der Waals surface area contributed by atoms with Gasteiger partial charge in [0.15, 0.2) is 0 Å². The summed E-state index contributed by atoms with van der Waals surface area (Å²) in [4.78, 5) is 4.09. The normalized spacial score (nSPS) is 12.8. The monoisotopic (exact) mass is 244 g/mol. The van der Waals surface area contributed by atoms with Gasteiger partial charge in [-0.15, -0.1) is 0 Å². The number of nitrogens with one attached hydrogen (secondary N) is 1. The number of aliphatic hydroxyl groups is 1. The first-order valence-electron chi connectivity index (χ1n) is 4.24. The molecule has 0 aliphatic carbocycles. The molecule has 1 aromatic heterocycles. The molecule has 0 aliphatic heterocycles. The Hall–Kier alpha value is -0.450. The molecule has 72 valence electrons. The van der Waals surface area contributed by atoms with Crippen molar-refractivity contribution in [3.63, 3.8) is 0 Å². The highest BCUT2D eigenvalue weighted by Gasteiger charge is 2.06. The Morgan fingerprint density at radius 1 is 1.62 bits per heavy atom. The van der Waals surface area contributed by atoms with Crippen molar-refractivity contribution in [3.05, 3.63) is 28.5 Å². The molecule has 0 saturated carbocycles. The number of aliphatic hydroxyl groups excluding tert-OH is 1. The van der Waals surface area contributed by atoms with Gasteiger partial charge in [0.1, 0.15) is 6.10 Å². The Morgan fingerprint density at radius 2 is 2.38 bits per heavy atom. The van der Waals surface area contributed by atoms with Crippen LogP contribution in [0.2, 0.25) is 0 Å². The molecular formula is C9H13BrN2O. The molecule has 0 bridgehead atoms. The van der Waals surface area contributed by atoms with E-state index >= 15 is 0 Å². The number of aromatic nitrogens is 1. The molecule has 0 saturated heterocycles. The van der Waals surface area contributed by atoms with Crippen molar-refractivity contribution in [1.29, 1.82) is 0 Å². The smallest absolute Gasteiger partial charge is 0.108 e. The second-order valence-corrected chi connectivity index (χ2v) is 3.64. The third-order valence-corrected chi connectivity index (χ3v) is 2.15. The number of likely N-dealkylation sites (N-methyl/N-ethyl adjacent to an activating group) is 1. The first-order chi connectivity index (χ1) is 6.24. The van der Waals surface area contributed by atoms with Gasteiger partial charge in [0.25, 0.3) is 0 Å². The zero-order valence-electron chi connectivity index (χ0n) is 7.50. The molecule has 1 unspecified atom stereocenters. The molecule has 3 nitrogen and oxygen atoms in total. The van der Waals surface area contributed by atoms with Gasteiger partial charge < -0.3 is 10.4 Å². The highest BCUT2D eigenvalue weighted by molar-refractivity contribution is 9.10. The number of hydrogen-bond donors (Lipinski definition) is 2. The van der Waals surface area contributed by atoms with Crippen molar-refractivity contribution in [3.8, 4) is 0 Å². The number of halogens is 1. The van der Waals surface area contributed by atoms with Crippen LogP contribution in [0.1, 0.15) is 18.7 Å². The topological polar surface area (TPSA) is 45.1 Å². The summed E-state index contributed by atoms with van der Waals surface area (Å²) in [6, 6.07) is 3.68. The summed E-state index contributed by atoms with van der Waals surface area (Å²) in [7, 11) is 0. The lowest BCUT2D eigenvalue weighted by atomic mass is 10.2. The van der Waals surface area contributed by atoms with Crippen LogP contribution in [0.25, 0.3) is 0 Å². The lowest BCUT2D eigenvalue weighted by molar-refractivity contribution is 0.171. The van der Waals surface area contributed by atoms with Crippen LogP contribution in [0, 0.1) is 0 Å². The summed E-state index contributed by atoms with van der Waals surface area (Å²) in [5.74, 6) is 0. The molecule has 2 N–H and O–H groups in total. The molecule has 4 heteroatoms. The molecule has 0 fully saturated rings. The van der Waals surface area contributed by atoms with Crippen LogP contribution >= 0.6 is 15.9 Å². The van der Waals surface area contributed by atoms with Gasteiger partial charge >= 0.3 is 0 Å². The number of rotatable bonds is 4. The molecule has 0 amide bonds. The second kappa shape index (κ2) is 5.32. The molecule has 13 heavy (non-hydrogen) atoms. The summed E-state index contributed by atoms with van der Waals surface area (Å²) in [5, 5.41) is 12.7. The van der Waals surface area contributed by atoms with Gasteiger partial charge in [-0.3, -0.25) is 4.98 Å². The van der Waals surface area contributed by atoms with Crippen molar-refractivity contribution >= 4 is 15.9 Å². The Labute approximate surface area is 86.3 Å². The first kappa shape index (κ1) is 10.6. The van der Waals surface area contributed by atoms with E-state index in [-0.39, 0.29) is 0 Å². The summed E-state index contributed by atoms with van der Waals surface area (Å²) in [5.41, 5.74) is 0.698. The van der Waals surface area contributed by atoms with Gasteiger partial charge in [-0.25, -0.2) is 0 Å². The van der Waals surface area contributed by atoms with Crippen LogP contribution in [-0.2, 0) is 0 Å². The fraction of sp³-hybridized carbons (Fsp3) is 0.444. The van der Waals surface area contributed by atoms with Gasteiger partial charge in [-0.1, -0.05) is 6.92 Å². The SMILES string of the molecule is CCNCC(O)c1ccc(Br)cn1. The third kappa shape index (κ3) is 3.42. The quantitative estimate of drug-likeness (QED) is 0.844. The van der Waals surface area contributed by atoms with Crippen LogP contribution < -0.4 is 5.32 Å². The number of pyridine rings is 1. The minimum atomic E-state index is -0.520. The minimum Gasteiger partial charge on any atom is -0.385 e. The van der Waals surface area contributed by atoms with Gasteiger partial charge in [0, 0.05) is 17.2 Å². The van der Waals surface area contributed by atoms with E-state index in [4.69, 9.17) is 0 Å². The molecule has 1 heterocycles. The van der Waals surface area contributed by atoms with Crippen LogP contribution in [0.5, 0.6) is 0 Å². The highest BCUT2D eigenvalue weighted by Crippen LogP contribution is 2.12. The average molecular weight is 245 g/mol. The lowest BCUT2D eigenvalue weighted by Gasteiger charge is -2.09. The predicted octanol–water partition coefficient (Wildman–Crippen LogP) is 1.49. The maximum atomic E-state index is 9.60. The Kier molecular flexibility index (Phi) is 4.35. The molecule has 0 spiro atoms. The fourth-order valence-corrected chi connectivity index (χ4v) is 1.20. The van der Waals surface area contributed by atoms with Crippen molar-refractivity contribution in [2.24, 2.45) is 0 Å². The predicted molar refractivity (Wildman–Crippen MR) is 55.4 cm³/mol. The van der Waals surface area contributed by atoms with Crippen molar-refractivity contribution < 1.29 is 5.11 Å². The highest BCUT2D eigenvalue weighted by atomic mass is 79.9. The van der Waals surface area contributed by atoms with Crippen molar-refractivity contribution in [1.82, 2.24) is 10.3 Å². The summed E-state index contributed by atoms with van der Waals surface area (Å²) >= 11 is 3.29. The fourth-order valence-electron chi connectivity index (χ4n) is 0.970. The summed E-state index contributed by atoms with van der Waals surface area (Å²) in [6.45, 7) is 3.40. The number of hydrogen-bond acceptors (Lipinski definition) is 3. The van der Waals surface area contributed by atoms with Gasteiger partial charge in [0.2, 0.25) is 0 Å². The van der Waals surface area contributed by atoms with Crippen molar-refractivity contribution in [2.75, 3.05) is 13.1 Å². The Balaban J connectivity index is 2.55. The molecule has 0 radical (unpaired) electrons. The molecule has 0 aliphatic rings. The second-order valence-electron chi connectivity index (χ2n) is 2.72. The summed E-state index contributed by atoms with van der Waals surface area (Å²) in [6.07, 6.45) is 1.16. The van der Waals surface area contributed by atoms with Crippen molar-refractivity contribution in [2.45, 2.75) is 13.0 Å². The molecule has 1 atom stereocenters. The van der Waals surface area contributed by atoms with E-state index in [1.807, 2.05) is 19.1 Å². The van der Waals surface area contributed by atoms with Crippen LogP contribution in [0.4, 0.5) is 0 Å². The maximum Gasteiger partial charge on any atom is 0.108 e. The number of nitrogens with zero attached hydrogens (tertiary/aromatic N) is 1. The Bertz CT molecular complexity index is 250. The molecule has 1 aromatic rings. The van der Waals surface area contributed by atoms with Gasteiger partial charge in [0.05, 0.1) is 5.69 Å². The van der Waals surface area contributed by atoms with E-state index in [2.05, 4.69) is 26.2 Å². The van der Waals surface area contributed by atoms with E-state index < -0.39 is 6.10 Å². The third-order valence-electron chi connectivity index (χ3n) is 1.68. The largest absolute Gasteiger partial charge is 0.385 e. The zero-order chi connectivity index (χ0) is 9.68. The molecule has 1 rings (SSSR count). The van der Waals surface area contributed by atoms with E-state index in [0.717, 1.165) is 11.0 Å². The standard InChI is InChI=1S/C9H13BrN2O/c1-2-11-6-9(13)8-4-3-7(10)5-12-8/h3-5,9,11,13H,2,6H2,1H3. The molecule has 0 aromatic carbocycles. The van der Waals surface area contributed by atoms with Crippen LogP contribution in [-0.4, -0.2) is 23.2 Å². The summed E-state index contributed by atoms with van der Waals surface area (Å²) < 4.78 is 0.923. The average Bonchev–Trinajstić information content (AvgIpc) is 2.15. The Morgan fingerprint density at radius 3 is 2.92 bits per heavy atom. The van der Waals surface area contributed by atoms with Gasteiger partial charge in [-0.2, -0.15) is 0 Å². The first-order valence-corrected chi connectivity index (χ1v) is 5.03. The van der Waals surface area contributed by atoms with Gasteiger partial charge in [-0.05, 0) is 34.6 Å². The van der Waals surface area contributed by atoms with E-state index in [1.165, 1.54) is 0 Å². The lowest BCUT2D eigenvalue weighted by Crippen LogP contribution is -2.21. The maximum absolute atomic E-state index is 9.60. The van der Waals surface area contributed by atoms with E-state index in [9.17, 15) is 5.11 Å².